The molecule has 0 aliphatic carbocycles. The van der Waals surface area contributed by atoms with Crippen LogP contribution in [0.15, 0.2) is 47.4 Å². The Labute approximate surface area is 186 Å². The molecule has 1 fully saturated rings. The molecule has 3 amide bonds. The zero-order valence-corrected chi connectivity index (χ0v) is 19.1. The average molecular weight is 460 g/mol. The second kappa shape index (κ2) is 8.62. The zero-order valence-electron chi connectivity index (χ0n) is 18.3. The molecule has 2 aromatic carbocycles. The van der Waals surface area contributed by atoms with Crippen LogP contribution < -0.4 is 19.7 Å². The Morgan fingerprint density at radius 1 is 1.03 bits per heavy atom. The largest absolute Gasteiger partial charge is 0.495 e. The van der Waals surface area contributed by atoms with Gasteiger partial charge in [0.1, 0.15) is 5.75 Å². The van der Waals surface area contributed by atoms with Gasteiger partial charge in [0.25, 0.3) is 15.9 Å². The van der Waals surface area contributed by atoms with Crippen molar-refractivity contribution in [3.05, 3.63) is 48.0 Å². The molecule has 10 heteroatoms. The lowest BCUT2D eigenvalue weighted by atomic mass is 10.1. The van der Waals surface area contributed by atoms with Crippen molar-refractivity contribution in [3.8, 4) is 5.75 Å². The Kier molecular flexibility index (Phi) is 6.27. The Morgan fingerprint density at radius 3 is 2.25 bits per heavy atom. The van der Waals surface area contributed by atoms with E-state index in [1.807, 2.05) is 20.8 Å². The lowest BCUT2D eigenvalue weighted by Crippen LogP contribution is -2.40. The van der Waals surface area contributed by atoms with Crippen LogP contribution in [0.4, 0.5) is 11.4 Å². The number of amides is 3. The van der Waals surface area contributed by atoms with Gasteiger partial charge in [-0.3, -0.25) is 19.1 Å². The smallest absolute Gasteiger partial charge is 0.261 e. The highest BCUT2D eigenvalue weighted by molar-refractivity contribution is 7.92. The topological polar surface area (TPSA) is 122 Å². The number of ether oxygens (including phenoxy) is 1. The Balaban J connectivity index is 1.98. The first kappa shape index (κ1) is 23.3. The summed E-state index contributed by atoms with van der Waals surface area (Å²) in [4.78, 5) is 37.7. The van der Waals surface area contributed by atoms with Crippen molar-refractivity contribution in [1.82, 2.24) is 5.32 Å². The van der Waals surface area contributed by atoms with Gasteiger partial charge in [-0.25, -0.2) is 13.3 Å². The molecule has 0 atom stereocenters. The van der Waals surface area contributed by atoms with Crippen molar-refractivity contribution in [2.45, 2.75) is 44.0 Å². The Bertz CT molecular complexity index is 1170. The van der Waals surface area contributed by atoms with Gasteiger partial charge in [0.2, 0.25) is 11.8 Å². The summed E-state index contributed by atoms with van der Waals surface area (Å²) in [6.45, 7) is 5.45. The lowest BCUT2D eigenvalue weighted by Gasteiger charge is -2.22. The highest BCUT2D eigenvalue weighted by Crippen LogP contribution is 2.34. The van der Waals surface area contributed by atoms with Crippen LogP contribution in [-0.4, -0.2) is 38.8 Å². The van der Waals surface area contributed by atoms with E-state index in [1.54, 1.807) is 12.1 Å². The molecule has 0 unspecified atom stereocenters. The van der Waals surface area contributed by atoms with Gasteiger partial charge in [0.05, 0.1) is 28.9 Å². The predicted octanol–water partition coefficient (Wildman–Crippen LogP) is 2.68. The van der Waals surface area contributed by atoms with Crippen molar-refractivity contribution in [2.75, 3.05) is 16.7 Å². The van der Waals surface area contributed by atoms with Gasteiger partial charge in [-0.05, 0) is 51.1 Å². The molecule has 1 saturated heterocycles. The third-order valence-electron chi connectivity index (χ3n) is 4.66. The van der Waals surface area contributed by atoms with Crippen LogP contribution in [-0.2, 0) is 19.6 Å². The third-order valence-corrected chi connectivity index (χ3v) is 6.02. The number of nitrogens with zero attached hydrogens (tertiary/aromatic N) is 1. The lowest BCUT2D eigenvalue weighted by molar-refractivity contribution is -0.121. The summed E-state index contributed by atoms with van der Waals surface area (Å²) >= 11 is 0. The predicted molar refractivity (Wildman–Crippen MR) is 119 cm³/mol. The summed E-state index contributed by atoms with van der Waals surface area (Å²) in [6.07, 6.45) is 0.0982. The zero-order chi connectivity index (χ0) is 23.7. The van der Waals surface area contributed by atoms with E-state index < -0.39 is 33.3 Å². The fourth-order valence-electron chi connectivity index (χ4n) is 3.24. The number of para-hydroxylation sites is 1. The van der Waals surface area contributed by atoms with Crippen molar-refractivity contribution in [1.29, 1.82) is 0 Å². The maximum atomic E-state index is 13.1. The normalized spacial score (nSPS) is 14.4. The highest BCUT2D eigenvalue weighted by atomic mass is 32.2. The minimum atomic E-state index is -4.16. The molecule has 0 aromatic heterocycles. The van der Waals surface area contributed by atoms with Gasteiger partial charge in [0, 0.05) is 18.4 Å². The number of methoxy groups -OCH3 is 1. The molecule has 1 aliphatic rings. The number of hydrogen-bond acceptors (Lipinski definition) is 6. The molecular formula is C22H25N3O6S. The van der Waals surface area contributed by atoms with Crippen LogP contribution in [0.5, 0.6) is 5.75 Å². The van der Waals surface area contributed by atoms with Gasteiger partial charge >= 0.3 is 0 Å². The summed E-state index contributed by atoms with van der Waals surface area (Å²) in [6, 6.07) is 10.1. The Hall–Kier alpha value is -3.40. The monoisotopic (exact) mass is 459 g/mol. The number of carbonyl (C=O) groups is 3. The van der Waals surface area contributed by atoms with Crippen LogP contribution in [0, 0.1) is 0 Å². The summed E-state index contributed by atoms with van der Waals surface area (Å²) in [5.74, 6) is -1.10. The van der Waals surface area contributed by atoms with Gasteiger partial charge in [0.15, 0.2) is 0 Å². The third kappa shape index (κ3) is 4.91. The standard InChI is InChI=1S/C22H25N3O6S/c1-22(2,3)23-21(28)15-7-5-6-8-16(15)24-32(29,30)14-9-10-18(31-4)17(13-14)25-19(26)11-12-20(25)27/h5-10,13,24H,11-12H2,1-4H3,(H,23,28). The maximum absolute atomic E-state index is 13.1. The van der Waals surface area contributed by atoms with Crippen molar-refractivity contribution in [3.63, 3.8) is 0 Å². The van der Waals surface area contributed by atoms with Gasteiger partial charge in [-0.15, -0.1) is 0 Å². The minimum Gasteiger partial charge on any atom is -0.495 e. The number of imide groups is 1. The molecule has 2 N–H and O–H groups in total. The van der Waals surface area contributed by atoms with Crippen LogP contribution >= 0.6 is 0 Å². The molecule has 9 nitrogen and oxygen atoms in total. The molecule has 2 aromatic rings. The van der Waals surface area contributed by atoms with E-state index in [0.29, 0.717) is 0 Å². The fourth-order valence-corrected chi connectivity index (χ4v) is 4.34. The first-order chi connectivity index (χ1) is 14.9. The van der Waals surface area contributed by atoms with Crippen molar-refractivity contribution in [2.24, 2.45) is 0 Å². The number of hydrogen-bond donors (Lipinski definition) is 2. The fraction of sp³-hybridized carbons (Fsp3) is 0.318. The van der Waals surface area contributed by atoms with Crippen LogP contribution in [0.2, 0.25) is 0 Å². The minimum absolute atomic E-state index is 0.0491. The molecule has 0 saturated carbocycles. The van der Waals surface area contributed by atoms with E-state index in [4.69, 9.17) is 4.74 Å². The van der Waals surface area contributed by atoms with E-state index in [2.05, 4.69) is 10.0 Å². The molecular weight excluding hydrogens is 434 g/mol. The first-order valence-corrected chi connectivity index (χ1v) is 11.4. The number of sulfonamides is 1. The summed E-state index contributed by atoms with van der Waals surface area (Å²) in [5.41, 5.74) is -0.200. The van der Waals surface area contributed by atoms with E-state index in [-0.39, 0.29) is 40.4 Å². The number of anilines is 2. The highest BCUT2D eigenvalue weighted by Gasteiger charge is 2.33. The summed E-state index contributed by atoms with van der Waals surface area (Å²) < 4.78 is 33.9. The SMILES string of the molecule is COc1ccc(S(=O)(=O)Nc2ccccc2C(=O)NC(C)(C)C)cc1N1C(=O)CCC1=O. The molecule has 170 valence electrons. The Morgan fingerprint density at radius 2 is 1.66 bits per heavy atom. The molecule has 0 radical (unpaired) electrons. The van der Waals surface area contributed by atoms with E-state index in [0.717, 1.165) is 4.90 Å². The number of nitrogens with one attached hydrogen (secondary N) is 2. The molecule has 0 spiro atoms. The van der Waals surface area contributed by atoms with Gasteiger partial charge in [-0.1, -0.05) is 12.1 Å². The molecule has 3 rings (SSSR count). The maximum Gasteiger partial charge on any atom is 0.261 e. The second-order valence-electron chi connectivity index (χ2n) is 8.31. The number of carbonyl (C=O) groups excluding carboxylic acids is 3. The van der Waals surface area contributed by atoms with Crippen LogP contribution in [0.1, 0.15) is 44.0 Å². The van der Waals surface area contributed by atoms with Crippen LogP contribution in [0.3, 0.4) is 0 Å². The summed E-state index contributed by atoms with van der Waals surface area (Å²) in [7, 11) is -2.80. The van der Waals surface area contributed by atoms with Gasteiger partial charge in [-0.2, -0.15) is 0 Å². The summed E-state index contributed by atoms with van der Waals surface area (Å²) in [5, 5.41) is 2.80. The molecule has 1 heterocycles. The number of rotatable bonds is 6. The van der Waals surface area contributed by atoms with Crippen molar-refractivity contribution < 1.29 is 27.5 Å². The first-order valence-electron chi connectivity index (χ1n) is 9.91. The molecule has 0 bridgehead atoms. The van der Waals surface area contributed by atoms with E-state index in [9.17, 15) is 22.8 Å². The van der Waals surface area contributed by atoms with Crippen molar-refractivity contribution >= 4 is 39.1 Å². The second-order valence-corrected chi connectivity index (χ2v) is 9.99. The van der Waals surface area contributed by atoms with Gasteiger partial charge < -0.3 is 10.1 Å². The molecule has 32 heavy (non-hydrogen) atoms. The van der Waals surface area contributed by atoms with Crippen LogP contribution in [0.25, 0.3) is 0 Å². The molecule has 1 aliphatic heterocycles. The average Bonchev–Trinajstić information content (AvgIpc) is 3.04. The number of benzene rings is 2. The quantitative estimate of drug-likeness (QED) is 0.641. The van der Waals surface area contributed by atoms with E-state index >= 15 is 0 Å². The van der Waals surface area contributed by atoms with E-state index in [1.165, 1.54) is 37.4 Å².